The molecule has 0 heterocycles. The van der Waals surface area contributed by atoms with Crippen molar-refractivity contribution >= 4 is 5.69 Å². The van der Waals surface area contributed by atoms with E-state index in [-0.39, 0.29) is 12.0 Å². The molecule has 0 aliphatic heterocycles. The molecule has 1 N–H and O–H groups in total. The van der Waals surface area contributed by atoms with Gasteiger partial charge in [-0.3, -0.25) is 0 Å². The van der Waals surface area contributed by atoms with E-state index < -0.39 is 0 Å². The molecular formula is C15H25NO2. The van der Waals surface area contributed by atoms with Gasteiger partial charge in [-0.2, -0.15) is 0 Å². The second-order valence-corrected chi connectivity index (χ2v) is 4.92. The number of methoxy groups -OCH3 is 1. The van der Waals surface area contributed by atoms with E-state index in [1.54, 1.807) is 7.11 Å². The minimum absolute atomic E-state index is 0.0160. The Kier molecular flexibility index (Phi) is 5.48. The van der Waals surface area contributed by atoms with Crippen LogP contribution >= 0.6 is 0 Å². The SMILES string of the molecule is CCC(CC)(CO)CN(C)c1cccc(OC)c1. The Hall–Kier alpha value is -1.22. The summed E-state index contributed by atoms with van der Waals surface area (Å²) in [4.78, 5) is 2.19. The van der Waals surface area contributed by atoms with Gasteiger partial charge in [-0.15, -0.1) is 0 Å². The lowest BCUT2D eigenvalue weighted by Gasteiger charge is -2.35. The Balaban J connectivity index is 2.83. The molecule has 0 unspecified atom stereocenters. The first-order valence-corrected chi connectivity index (χ1v) is 6.57. The van der Waals surface area contributed by atoms with Crippen LogP contribution in [0.5, 0.6) is 5.75 Å². The van der Waals surface area contributed by atoms with Crippen LogP contribution in [-0.4, -0.2) is 32.4 Å². The molecule has 0 bridgehead atoms. The lowest BCUT2D eigenvalue weighted by Crippen LogP contribution is -2.37. The van der Waals surface area contributed by atoms with Crippen LogP contribution in [0.4, 0.5) is 5.69 Å². The maximum absolute atomic E-state index is 9.62. The lowest BCUT2D eigenvalue weighted by molar-refractivity contribution is 0.121. The van der Waals surface area contributed by atoms with Crippen molar-refractivity contribution in [2.24, 2.45) is 5.41 Å². The number of hydrogen-bond donors (Lipinski definition) is 1. The van der Waals surface area contributed by atoms with Crippen LogP contribution in [0.15, 0.2) is 24.3 Å². The summed E-state index contributed by atoms with van der Waals surface area (Å²) in [7, 11) is 3.74. The number of anilines is 1. The third-order valence-corrected chi connectivity index (χ3v) is 3.90. The highest BCUT2D eigenvalue weighted by Crippen LogP contribution is 2.29. The predicted octanol–water partition coefficient (Wildman–Crippen LogP) is 2.93. The zero-order chi connectivity index (χ0) is 13.6. The molecule has 0 saturated carbocycles. The molecule has 1 aromatic rings. The van der Waals surface area contributed by atoms with Crippen LogP contribution in [-0.2, 0) is 0 Å². The van der Waals surface area contributed by atoms with Crippen LogP contribution in [0.2, 0.25) is 0 Å². The summed E-state index contributed by atoms with van der Waals surface area (Å²) in [6, 6.07) is 8.02. The Bertz CT molecular complexity index is 353. The molecule has 0 radical (unpaired) electrons. The van der Waals surface area contributed by atoms with Crippen molar-refractivity contribution in [1.82, 2.24) is 0 Å². The monoisotopic (exact) mass is 251 g/mol. The van der Waals surface area contributed by atoms with Crippen molar-refractivity contribution in [3.8, 4) is 5.75 Å². The van der Waals surface area contributed by atoms with Gasteiger partial charge < -0.3 is 14.7 Å². The molecule has 0 fully saturated rings. The number of aliphatic hydroxyl groups excluding tert-OH is 1. The van der Waals surface area contributed by atoms with Gasteiger partial charge in [0, 0.05) is 30.8 Å². The maximum Gasteiger partial charge on any atom is 0.120 e. The minimum atomic E-state index is -0.0160. The third-order valence-electron chi connectivity index (χ3n) is 3.90. The number of aliphatic hydroxyl groups is 1. The zero-order valence-electron chi connectivity index (χ0n) is 11.9. The van der Waals surface area contributed by atoms with Gasteiger partial charge in [0.1, 0.15) is 5.75 Å². The largest absolute Gasteiger partial charge is 0.497 e. The second kappa shape index (κ2) is 6.64. The molecule has 3 heteroatoms. The van der Waals surface area contributed by atoms with E-state index in [2.05, 4.69) is 31.9 Å². The number of nitrogens with zero attached hydrogens (tertiary/aromatic N) is 1. The average Bonchev–Trinajstić information content (AvgIpc) is 2.44. The molecular weight excluding hydrogens is 226 g/mol. The average molecular weight is 251 g/mol. The molecule has 0 aliphatic rings. The summed E-state index contributed by atoms with van der Waals surface area (Å²) in [5.74, 6) is 0.863. The van der Waals surface area contributed by atoms with Crippen molar-refractivity contribution in [3.05, 3.63) is 24.3 Å². The first-order chi connectivity index (χ1) is 8.60. The van der Waals surface area contributed by atoms with Crippen molar-refractivity contribution in [1.29, 1.82) is 0 Å². The molecule has 0 spiro atoms. The van der Waals surface area contributed by atoms with Crippen molar-refractivity contribution < 1.29 is 9.84 Å². The van der Waals surface area contributed by atoms with Gasteiger partial charge in [-0.25, -0.2) is 0 Å². The summed E-state index contributed by atoms with van der Waals surface area (Å²) in [6.45, 7) is 5.36. The fourth-order valence-electron chi connectivity index (χ4n) is 2.19. The van der Waals surface area contributed by atoms with Gasteiger partial charge in [-0.05, 0) is 25.0 Å². The Morgan fingerprint density at radius 3 is 2.44 bits per heavy atom. The van der Waals surface area contributed by atoms with E-state index in [0.29, 0.717) is 0 Å². The summed E-state index contributed by atoms with van der Waals surface area (Å²) in [5, 5.41) is 9.62. The van der Waals surface area contributed by atoms with Crippen molar-refractivity contribution in [2.45, 2.75) is 26.7 Å². The van der Waals surface area contributed by atoms with Crippen LogP contribution < -0.4 is 9.64 Å². The van der Waals surface area contributed by atoms with E-state index in [0.717, 1.165) is 30.8 Å². The molecule has 1 aromatic carbocycles. The first kappa shape index (κ1) is 14.8. The highest BCUT2D eigenvalue weighted by atomic mass is 16.5. The van der Waals surface area contributed by atoms with Gasteiger partial charge in [0.2, 0.25) is 0 Å². The molecule has 0 atom stereocenters. The van der Waals surface area contributed by atoms with Gasteiger partial charge in [0.25, 0.3) is 0 Å². The number of ether oxygens (including phenoxy) is 1. The quantitative estimate of drug-likeness (QED) is 0.808. The molecule has 1 rings (SSSR count). The van der Waals surface area contributed by atoms with E-state index in [1.807, 2.05) is 18.2 Å². The summed E-state index contributed by atoms with van der Waals surface area (Å²) in [5.41, 5.74) is 1.10. The maximum atomic E-state index is 9.62. The highest BCUT2D eigenvalue weighted by Gasteiger charge is 2.27. The van der Waals surface area contributed by atoms with E-state index in [4.69, 9.17) is 4.74 Å². The van der Waals surface area contributed by atoms with Crippen molar-refractivity contribution in [3.63, 3.8) is 0 Å². The predicted molar refractivity (Wildman–Crippen MR) is 76.4 cm³/mol. The minimum Gasteiger partial charge on any atom is -0.497 e. The molecule has 18 heavy (non-hydrogen) atoms. The highest BCUT2D eigenvalue weighted by molar-refractivity contribution is 5.50. The fraction of sp³-hybridized carbons (Fsp3) is 0.600. The second-order valence-electron chi connectivity index (χ2n) is 4.92. The topological polar surface area (TPSA) is 32.7 Å². The van der Waals surface area contributed by atoms with Gasteiger partial charge >= 0.3 is 0 Å². The van der Waals surface area contributed by atoms with Crippen LogP contribution in [0.3, 0.4) is 0 Å². The molecule has 0 saturated heterocycles. The lowest BCUT2D eigenvalue weighted by atomic mass is 9.82. The van der Waals surface area contributed by atoms with E-state index in [1.165, 1.54) is 0 Å². The Morgan fingerprint density at radius 1 is 1.28 bits per heavy atom. The molecule has 3 nitrogen and oxygen atoms in total. The number of benzene rings is 1. The van der Waals surface area contributed by atoms with E-state index >= 15 is 0 Å². The Morgan fingerprint density at radius 2 is 1.94 bits per heavy atom. The Labute approximate surface area is 110 Å². The standard InChI is InChI=1S/C15H25NO2/c1-5-15(6-2,12-17)11-16(3)13-8-7-9-14(10-13)18-4/h7-10,17H,5-6,11-12H2,1-4H3. The van der Waals surface area contributed by atoms with Gasteiger partial charge in [-0.1, -0.05) is 19.9 Å². The fourth-order valence-corrected chi connectivity index (χ4v) is 2.19. The summed E-state index contributed by atoms with van der Waals surface area (Å²) >= 11 is 0. The third kappa shape index (κ3) is 3.39. The normalized spacial score (nSPS) is 11.4. The molecule has 0 aromatic heterocycles. The molecule has 0 aliphatic carbocycles. The van der Waals surface area contributed by atoms with Gasteiger partial charge in [0.15, 0.2) is 0 Å². The van der Waals surface area contributed by atoms with Crippen LogP contribution in [0.25, 0.3) is 0 Å². The molecule has 102 valence electrons. The van der Waals surface area contributed by atoms with Gasteiger partial charge in [0.05, 0.1) is 13.7 Å². The van der Waals surface area contributed by atoms with Crippen LogP contribution in [0.1, 0.15) is 26.7 Å². The zero-order valence-corrected chi connectivity index (χ0v) is 11.9. The number of rotatable bonds is 7. The number of hydrogen-bond acceptors (Lipinski definition) is 3. The summed E-state index contributed by atoms with van der Waals surface area (Å²) < 4.78 is 5.24. The van der Waals surface area contributed by atoms with Crippen molar-refractivity contribution in [2.75, 3.05) is 32.2 Å². The van der Waals surface area contributed by atoms with E-state index in [9.17, 15) is 5.11 Å². The van der Waals surface area contributed by atoms with Crippen LogP contribution in [0, 0.1) is 5.41 Å². The molecule has 0 amide bonds. The summed E-state index contributed by atoms with van der Waals surface area (Å²) in [6.07, 6.45) is 1.96. The smallest absolute Gasteiger partial charge is 0.120 e. The first-order valence-electron chi connectivity index (χ1n) is 6.57.